The molecule has 1 aliphatic carbocycles. The lowest BCUT2D eigenvalue weighted by atomic mass is 10.1. The normalized spacial score (nSPS) is 11.7. The van der Waals surface area contributed by atoms with E-state index in [1.807, 2.05) is 55.0 Å². The number of fused-ring (bicyclic) bond motifs is 2. The molecule has 2 aromatic carbocycles. The topological polar surface area (TPSA) is 43.3 Å². The van der Waals surface area contributed by atoms with E-state index in [4.69, 9.17) is 17.3 Å². The van der Waals surface area contributed by atoms with Crippen molar-refractivity contribution in [3.8, 4) is 0 Å². The number of allylic oxidation sites excluding steroid dienone is 2. The van der Waals surface area contributed by atoms with E-state index in [-0.39, 0.29) is 0 Å². The Morgan fingerprint density at radius 2 is 1.63 bits per heavy atom. The van der Waals surface area contributed by atoms with Gasteiger partial charge in [0.05, 0.1) is 10.7 Å². The van der Waals surface area contributed by atoms with Gasteiger partial charge in [-0.1, -0.05) is 48.0 Å². The molecular weight excluding hydrogens is 390 g/mol. The van der Waals surface area contributed by atoms with E-state index in [0.717, 1.165) is 12.1 Å². The van der Waals surface area contributed by atoms with Crippen LogP contribution in [0.3, 0.4) is 0 Å². The first-order chi connectivity index (χ1) is 14.4. The van der Waals surface area contributed by atoms with Crippen LogP contribution in [0.15, 0.2) is 73.2 Å². The van der Waals surface area contributed by atoms with Gasteiger partial charge in [-0.05, 0) is 85.7 Å². The lowest BCUT2D eigenvalue weighted by Crippen LogP contribution is -1.89. The summed E-state index contributed by atoms with van der Waals surface area (Å²) in [6.45, 7) is 8.26. The SMILES string of the molecule is CC1=CCc2ccccc21.Cc1cc(N)c(Cl)cc1C.Cc1cccn2ccnc12. The van der Waals surface area contributed by atoms with Crippen molar-refractivity contribution in [3.63, 3.8) is 0 Å². The Morgan fingerprint density at radius 1 is 0.900 bits per heavy atom. The van der Waals surface area contributed by atoms with E-state index in [2.05, 4.69) is 55.2 Å². The van der Waals surface area contributed by atoms with Crippen molar-refractivity contribution < 1.29 is 0 Å². The maximum Gasteiger partial charge on any atom is 0.139 e. The highest BCUT2D eigenvalue weighted by Gasteiger charge is 2.07. The van der Waals surface area contributed by atoms with Gasteiger partial charge in [0.2, 0.25) is 0 Å². The molecule has 0 amide bonds. The van der Waals surface area contributed by atoms with Gasteiger partial charge in [-0.2, -0.15) is 0 Å². The van der Waals surface area contributed by atoms with Gasteiger partial charge in [0.15, 0.2) is 0 Å². The zero-order chi connectivity index (χ0) is 21.7. The summed E-state index contributed by atoms with van der Waals surface area (Å²) in [6, 6.07) is 16.4. The van der Waals surface area contributed by atoms with E-state index in [1.165, 1.54) is 33.4 Å². The van der Waals surface area contributed by atoms with E-state index < -0.39 is 0 Å². The zero-order valence-corrected chi connectivity index (χ0v) is 18.7. The predicted molar refractivity (Wildman–Crippen MR) is 129 cm³/mol. The molecule has 0 atom stereocenters. The molecule has 2 aromatic heterocycles. The number of nitrogens with two attached hydrogens (primary N) is 1. The number of rotatable bonds is 0. The minimum atomic E-state index is 0.642. The summed E-state index contributed by atoms with van der Waals surface area (Å²) in [6.07, 6.45) is 9.16. The van der Waals surface area contributed by atoms with E-state index in [9.17, 15) is 0 Å². The maximum absolute atomic E-state index is 5.76. The Labute approximate surface area is 183 Å². The van der Waals surface area contributed by atoms with Crippen LogP contribution in [0.1, 0.15) is 34.7 Å². The molecule has 30 heavy (non-hydrogen) atoms. The molecule has 4 heteroatoms. The van der Waals surface area contributed by atoms with E-state index >= 15 is 0 Å². The molecule has 0 bridgehead atoms. The van der Waals surface area contributed by atoms with Crippen LogP contribution in [0.4, 0.5) is 5.69 Å². The van der Waals surface area contributed by atoms with E-state index in [1.54, 1.807) is 0 Å². The van der Waals surface area contributed by atoms with Crippen molar-refractivity contribution in [2.24, 2.45) is 0 Å². The van der Waals surface area contributed by atoms with Crippen LogP contribution in [-0.2, 0) is 6.42 Å². The van der Waals surface area contributed by atoms with Crippen molar-refractivity contribution in [3.05, 3.63) is 106 Å². The molecule has 0 spiro atoms. The maximum atomic E-state index is 5.76. The molecule has 3 nitrogen and oxygen atoms in total. The number of benzene rings is 2. The first-order valence-corrected chi connectivity index (χ1v) is 10.4. The lowest BCUT2D eigenvalue weighted by Gasteiger charge is -2.02. The molecule has 0 fully saturated rings. The van der Waals surface area contributed by atoms with Crippen LogP contribution >= 0.6 is 11.6 Å². The molecule has 2 heterocycles. The monoisotopic (exact) mass is 417 g/mol. The number of nitrogen functional groups attached to an aromatic ring is 1. The van der Waals surface area contributed by atoms with Gasteiger partial charge in [0.1, 0.15) is 5.65 Å². The van der Waals surface area contributed by atoms with Crippen LogP contribution in [0.25, 0.3) is 11.2 Å². The highest BCUT2D eigenvalue weighted by atomic mass is 35.5. The molecule has 2 N–H and O–H groups in total. The summed E-state index contributed by atoms with van der Waals surface area (Å²) >= 11 is 5.76. The fourth-order valence-corrected chi connectivity index (χ4v) is 3.57. The number of nitrogens with zero attached hydrogens (tertiary/aromatic N) is 2. The number of imidazole rings is 1. The summed E-state index contributed by atoms with van der Waals surface area (Å²) in [5, 5.41) is 0.642. The molecular formula is C26H28ClN3. The Bertz CT molecular complexity index is 1140. The largest absolute Gasteiger partial charge is 0.398 e. The van der Waals surface area contributed by atoms with E-state index in [0.29, 0.717) is 10.7 Å². The molecule has 1 aliphatic rings. The smallest absolute Gasteiger partial charge is 0.139 e. The minimum absolute atomic E-state index is 0.642. The first-order valence-electron chi connectivity index (χ1n) is 10.0. The van der Waals surface area contributed by atoms with Crippen molar-refractivity contribution >= 4 is 28.5 Å². The first kappa shape index (κ1) is 21.7. The lowest BCUT2D eigenvalue weighted by molar-refractivity contribution is 1.16. The number of hydrogen-bond donors (Lipinski definition) is 1. The number of anilines is 1. The Hall–Kier alpha value is -3.04. The third-order valence-corrected chi connectivity index (χ3v) is 5.62. The second-order valence-corrected chi connectivity index (χ2v) is 7.96. The fourth-order valence-electron chi connectivity index (χ4n) is 3.35. The second kappa shape index (κ2) is 9.64. The fraction of sp³-hybridized carbons (Fsp3) is 0.192. The second-order valence-electron chi connectivity index (χ2n) is 7.56. The van der Waals surface area contributed by atoms with Gasteiger partial charge < -0.3 is 10.1 Å². The third kappa shape index (κ3) is 5.11. The van der Waals surface area contributed by atoms with Crippen LogP contribution < -0.4 is 5.73 Å². The number of aryl methyl sites for hydroxylation is 3. The molecule has 0 unspecified atom stereocenters. The molecule has 0 saturated heterocycles. The number of hydrogen-bond acceptors (Lipinski definition) is 2. The molecule has 0 aliphatic heterocycles. The third-order valence-electron chi connectivity index (χ3n) is 5.30. The summed E-state index contributed by atoms with van der Waals surface area (Å²) < 4.78 is 2.01. The van der Waals surface area contributed by atoms with Crippen molar-refractivity contribution in [2.45, 2.75) is 34.1 Å². The molecule has 154 valence electrons. The van der Waals surface area contributed by atoms with Gasteiger partial charge in [-0.15, -0.1) is 0 Å². The Morgan fingerprint density at radius 3 is 2.33 bits per heavy atom. The van der Waals surface area contributed by atoms with Crippen LogP contribution in [0.2, 0.25) is 5.02 Å². The molecule has 5 rings (SSSR count). The molecule has 4 aromatic rings. The van der Waals surface area contributed by atoms with Crippen LogP contribution in [0, 0.1) is 20.8 Å². The van der Waals surface area contributed by atoms with Gasteiger partial charge >= 0.3 is 0 Å². The average molecular weight is 418 g/mol. The van der Waals surface area contributed by atoms with Crippen molar-refractivity contribution in [2.75, 3.05) is 5.73 Å². The van der Waals surface area contributed by atoms with Crippen molar-refractivity contribution in [1.82, 2.24) is 9.38 Å². The minimum Gasteiger partial charge on any atom is -0.398 e. The summed E-state index contributed by atoms with van der Waals surface area (Å²) in [5.41, 5.74) is 15.2. The summed E-state index contributed by atoms with van der Waals surface area (Å²) in [4.78, 5) is 4.18. The molecule has 0 radical (unpaired) electrons. The average Bonchev–Trinajstić information content (AvgIpc) is 3.36. The quantitative estimate of drug-likeness (QED) is 0.318. The van der Waals surface area contributed by atoms with Gasteiger partial charge in [-0.25, -0.2) is 4.98 Å². The van der Waals surface area contributed by atoms with Crippen LogP contribution in [0.5, 0.6) is 0 Å². The predicted octanol–water partition coefficient (Wildman–Crippen LogP) is 6.83. The standard InChI is InChI=1S/C10H10.C8H10ClN.C8H8N2/c1-8-6-7-9-4-2-3-5-10(8)9;1-5-3-7(9)8(10)4-6(5)2;1-7-3-2-5-10-6-4-9-8(7)10/h2-6H,7H2,1H3;3-4H,10H2,1-2H3;2-6H,1H3. The number of pyridine rings is 1. The summed E-state index contributed by atoms with van der Waals surface area (Å²) in [5.74, 6) is 0. The number of halogens is 1. The van der Waals surface area contributed by atoms with Crippen LogP contribution in [-0.4, -0.2) is 9.38 Å². The Kier molecular flexibility index (Phi) is 6.96. The zero-order valence-electron chi connectivity index (χ0n) is 18.0. The summed E-state index contributed by atoms with van der Waals surface area (Å²) in [7, 11) is 0. The van der Waals surface area contributed by atoms with Gasteiger partial charge in [0, 0.05) is 18.6 Å². The highest BCUT2D eigenvalue weighted by molar-refractivity contribution is 6.33. The highest BCUT2D eigenvalue weighted by Crippen LogP contribution is 2.25. The Balaban J connectivity index is 0.000000128. The number of aromatic nitrogens is 2. The molecule has 0 saturated carbocycles. The van der Waals surface area contributed by atoms with Gasteiger partial charge in [0.25, 0.3) is 0 Å². The van der Waals surface area contributed by atoms with Crippen molar-refractivity contribution in [1.29, 1.82) is 0 Å². The van der Waals surface area contributed by atoms with Gasteiger partial charge in [-0.3, -0.25) is 0 Å².